The topological polar surface area (TPSA) is 83.3 Å². The number of rotatable bonds is 7. The van der Waals surface area contributed by atoms with Crippen molar-refractivity contribution in [2.24, 2.45) is 0 Å². The Hall–Kier alpha value is -1.34. The zero-order chi connectivity index (χ0) is 14.7. The second kappa shape index (κ2) is 6.62. The van der Waals surface area contributed by atoms with Crippen molar-refractivity contribution in [3.8, 4) is 0 Å². The lowest BCUT2D eigenvalue weighted by atomic mass is 10.2. The second-order valence-electron chi connectivity index (χ2n) is 5.85. The maximum Gasteiger partial charge on any atom is 0.258 e. The number of carbonyl (C=O) groups excluding carboxylic acids is 1. The van der Waals surface area contributed by atoms with Gasteiger partial charge in [0.05, 0.1) is 0 Å². The number of anilines is 2. The molecular weight excluding hydrogens is 286 g/mol. The molecular formula is C14H23N5OS. The number of nitrogens with two attached hydrogens (primary N) is 1. The molecule has 1 aromatic heterocycles. The minimum Gasteiger partial charge on any atom is -0.382 e. The van der Waals surface area contributed by atoms with Crippen LogP contribution in [0.15, 0.2) is 0 Å². The zero-order valence-corrected chi connectivity index (χ0v) is 13.0. The van der Waals surface area contributed by atoms with Crippen molar-refractivity contribution in [3.63, 3.8) is 0 Å². The largest absolute Gasteiger partial charge is 0.382 e. The van der Waals surface area contributed by atoms with Crippen LogP contribution in [0.25, 0.3) is 0 Å². The quantitative estimate of drug-likeness (QED) is 0.665. The Labute approximate surface area is 129 Å². The normalized spacial score (nSPS) is 18.9. The Morgan fingerprint density at radius 1 is 1.38 bits per heavy atom. The average molecular weight is 309 g/mol. The van der Waals surface area contributed by atoms with E-state index in [0.717, 1.165) is 37.4 Å². The Morgan fingerprint density at radius 3 is 2.86 bits per heavy atom. The van der Waals surface area contributed by atoms with Gasteiger partial charge in [0.15, 0.2) is 5.82 Å². The first-order chi connectivity index (χ1) is 10.2. The van der Waals surface area contributed by atoms with Gasteiger partial charge in [0.1, 0.15) is 10.6 Å². The lowest BCUT2D eigenvalue weighted by Gasteiger charge is -2.14. The predicted octanol–water partition coefficient (Wildman–Crippen LogP) is 1.52. The fourth-order valence-corrected chi connectivity index (χ4v) is 3.37. The first-order valence-electron chi connectivity index (χ1n) is 7.76. The van der Waals surface area contributed by atoms with Gasteiger partial charge in [0.2, 0.25) is 0 Å². The Bertz CT molecular complexity index is 494. The Balaban J connectivity index is 1.48. The van der Waals surface area contributed by atoms with Gasteiger partial charge in [-0.05, 0) is 63.3 Å². The van der Waals surface area contributed by atoms with E-state index in [4.69, 9.17) is 5.73 Å². The SMILES string of the molecule is Nc1nsc(NCCCN2CCCC2)c1C(=O)NC1CC1. The van der Waals surface area contributed by atoms with Crippen LogP contribution in [-0.4, -0.2) is 47.4 Å². The first-order valence-corrected chi connectivity index (χ1v) is 8.53. The van der Waals surface area contributed by atoms with E-state index in [1.165, 1.54) is 37.5 Å². The number of aromatic nitrogens is 1. The highest BCUT2D eigenvalue weighted by Gasteiger charge is 2.27. The van der Waals surface area contributed by atoms with E-state index in [9.17, 15) is 4.79 Å². The number of nitrogens with zero attached hydrogens (tertiary/aromatic N) is 2. The molecule has 21 heavy (non-hydrogen) atoms. The third-order valence-electron chi connectivity index (χ3n) is 3.99. The van der Waals surface area contributed by atoms with Crippen molar-refractivity contribution < 1.29 is 4.79 Å². The highest BCUT2D eigenvalue weighted by Crippen LogP contribution is 2.28. The van der Waals surface area contributed by atoms with Gasteiger partial charge in [-0.3, -0.25) is 4.79 Å². The van der Waals surface area contributed by atoms with Gasteiger partial charge < -0.3 is 21.3 Å². The van der Waals surface area contributed by atoms with E-state index in [1.54, 1.807) is 0 Å². The molecule has 0 aromatic carbocycles. The molecule has 1 saturated carbocycles. The second-order valence-corrected chi connectivity index (χ2v) is 6.62. The van der Waals surface area contributed by atoms with Gasteiger partial charge in [-0.15, -0.1) is 0 Å². The summed E-state index contributed by atoms with van der Waals surface area (Å²) < 4.78 is 4.11. The molecule has 0 atom stereocenters. The molecule has 1 aliphatic heterocycles. The first kappa shape index (κ1) is 14.6. The molecule has 1 aliphatic carbocycles. The number of likely N-dealkylation sites (tertiary alicyclic amines) is 1. The standard InChI is InChI=1S/C14H23N5OS/c15-12-11(13(20)17-10-4-5-10)14(21-18-12)16-6-3-9-19-7-1-2-8-19/h10,16H,1-9H2,(H2,15,18)(H,17,20). The molecule has 0 spiro atoms. The minimum absolute atomic E-state index is 0.0919. The average Bonchev–Trinajstić information content (AvgIpc) is 2.99. The highest BCUT2D eigenvalue weighted by atomic mass is 32.1. The maximum absolute atomic E-state index is 12.2. The summed E-state index contributed by atoms with van der Waals surface area (Å²) >= 11 is 1.27. The van der Waals surface area contributed by atoms with Crippen LogP contribution in [0.5, 0.6) is 0 Å². The molecule has 0 bridgehead atoms. The molecule has 1 aromatic rings. The van der Waals surface area contributed by atoms with Crippen molar-refractivity contribution in [2.75, 3.05) is 37.2 Å². The van der Waals surface area contributed by atoms with E-state index in [0.29, 0.717) is 17.4 Å². The van der Waals surface area contributed by atoms with Gasteiger partial charge in [0, 0.05) is 12.6 Å². The van der Waals surface area contributed by atoms with Crippen LogP contribution in [0.2, 0.25) is 0 Å². The van der Waals surface area contributed by atoms with Gasteiger partial charge in [0.25, 0.3) is 5.91 Å². The van der Waals surface area contributed by atoms with Crippen molar-refractivity contribution in [1.82, 2.24) is 14.6 Å². The highest BCUT2D eigenvalue weighted by molar-refractivity contribution is 7.11. The number of carbonyl (C=O) groups is 1. The van der Waals surface area contributed by atoms with Crippen LogP contribution in [0.3, 0.4) is 0 Å². The lowest BCUT2D eigenvalue weighted by molar-refractivity contribution is 0.0953. The number of nitrogen functional groups attached to an aromatic ring is 1. The van der Waals surface area contributed by atoms with Gasteiger partial charge >= 0.3 is 0 Å². The monoisotopic (exact) mass is 309 g/mol. The fraction of sp³-hybridized carbons (Fsp3) is 0.714. The molecule has 0 radical (unpaired) electrons. The third-order valence-corrected chi connectivity index (χ3v) is 4.81. The van der Waals surface area contributed by atoms with Crippen LogP contribution in [-0.2, 0) is 0 Å². The smallest absolute Gasteiger partial charge is 0.258 e. The molecule has 1 saturated heterocycles. The maximum atomic E-state index is 12.2. The Kier molecular flexibility index (Phi) is 4.60. The summed E-state index contributed by atoms with van der Waals surface area (Å²) in [5, 5.41) is 7.09. The summed E-state index contributed by atoms with van der Waals surface area (Å²) in [6.07, 6.45) is 5.86. The molecule has 1 amide bonds. The van der Waals surface area contributed by atoms with Crippen molar-refractivity contribution in [1.29, 1.82) is 0 Å². The minimum atomic E-state index is -0.0919. The zero-order valence-electron chi connectivity index (χ0n) is 12.2. The molecule has 7 heteroatoms. The third kappa shape index (κ3) is 3.85. The van der Waals surface area contributed by atoms with E-state index < -0.39 is 0 Å². The molecule has 4 N–H and O–H groups in total. The van der Waals surface area contributed by atoms with Crippen molar-refractivity contribution in [2.45, 2.75) is 38.1 Å². The van der Waals surface area contributed by atoms with E-state index >= 15 is 0 Å². The predicted molar refractivity (Wildman–Crippen MR) is 85.8 cm³/mol. The van der Waals surface area contributed by atoms with Crippen LogP contribution < -0.4 is 16.4 Å². The fourth-order valence-electron chi connectivity index (χ4n) is 2.64. The molecule has 6 nitrogen and oxygen atoms in total. The number of amides is 1. The molecule has 3 rings (SSSR count). The number of hydrogen-bond acceptors (Lipinski definition) is 6. The van der Waals surface area contributed by atoms with Crippen LogP contribution in [0.4, 0.5) is 10.8 Å². The summed E-state index contributed by atoms with van der Waals surface area (Å²) in [5.41, 5.74) is 6.35. The molecule has 2 aliphatic rings. The summed E-state index contributed by atoms with van der Waals surface area (Å²) in [5.74, 6) is 0.242. The van der Waals surface area contributed by atoms with Crippen LogP contribution in [0.1, 0.15) is 42.5 Å². The van der Waals surface area contributed by atoms with Gasteiger partial charge in [-0.2, -0.15) is 4.37 Å². The Morgan fingerprint density at radius 2 is 2.14 bits per heavy atom. The molecule has 0 unspecified atom stereocenters. The van der Waals surface area contributed by atoms with E-state index in [2.05, 4.69) is 19.9 Å². The number of nitrogens with one attached hydrogen (secondary N) is 2. The van der Waals surface area contributed by atoms with Crippen molar-refractivity contribution >= 4 is 28.3 Å². The van der Waals surface area contributed by atoms with Crippen LogP contribution in [0, 0.1) is 0 Å². The summed E-state index contributed by atoms with van der Waals surface area (Å²) in [6.45, 7) is 4.41. The molecule has 2 heterocycles. The van der Waals surface area contributed by atoms with E-state index in [1.807, 2.05) is 0 Å². The molecule has 2 fully saturated rings. The molecule has 116 valence electrons. The van der Waals surface area contributed by atoms with Crippen molar-refractivity contribution in [3.05, 3.63) is 5.56 Å². The summed E-state index contributed by atoms with van der Waals surface area (Å²) in [7, 11) is 0. The van der Waals surface area contributed by atoms with E-state index in [-0.39, 0.29) is 5.91 Å². The lowest BCUT2D eigenvalue weighted by Crippen LogP contribution is -2.27. The summed E-state index contributed by atoms with van der Waals surface area (Å²) in [6, 6.07) is 0.333. The van der Waals surface area contributed by atoms with Crippen LogP contribution >= 0.6 is 11.5 Å². The van der Waals surface area contributed by atoms with Gasteiger partial charge in [-0.1, -0.05) is 0 Å². The number of hydrogen-bond donors (Lipinski definition) is 3. The van der Waals surface area contributed by atoms with Gasteiger partial charge in [-0.25, -0.2) is 0 Å². The summed E-state index contributed by atoms with van der Waals surface area (Å²) in [4.78, 5) is 14.7.